The molecule has 108 valence electrons. The molecule has 0 radical (unpaired) electrons. The molecule has 1 atom stereocenters. The molecule has 2 aromatic carbocycles. The summed E-state index contributed by atoms with van der Waals surface area (Å²) >= 11 is 0. The first-order valence-electron chi connectivity index (χ1n) is 6.56. The van der Waals surface area contributed by atoms with E-state index >= 15 is 0 Å². The fourth-order valence-electron chi connectivity index (χ4n) is 2.31. The van der Waals surface area contributed by atoms with Crippen molar-refractivity contribution in [3.63, 3.8) is 0 Å². The van der Waals surface area contributed by atoms with Gasteiger partial charge in [-0.1, -0.05) is 36.3 Å². The number of hydrogen-bond donors (Lipinski definition) is 0. The molecule has 0 spiro atoms. The van der Waals surface area contributed by atoms with E-state index in [0.717, 1.165) is 11.1 Å². The van der Waals surface area contributed by atoms with Crippen molar-refractivity contribution in [2.75, 3.05) is 21.3 Å². The lowest BCUT2D eigenvalue weighted by molar-refractivity contribution is 0.368. The van der Waals surface area contributed by atoms with Crippen LogP contribution in [0.25, 0.3) is 0 Å². The Bertz CT molecular complexity index is 616. The lowest BCUT2D eigenvalue weighted by atomic mass is 9.90. The van der Waals surface area contributed by atoms with Gasteiger partial charge in [0.15, 0.2) is 0 Å². The van der Waals surface area contributed by atoms with Crippen LogP contribution < -0.4 is 14.2 Å². The summed E-state index contributed by atoms with van der Waals surface area (Å²) in [6.45, 7) is 0. The van der Waals surface area contributed by atoms with Gasteiger partial charge in [-0.15, -0.1) is 6.42 Å². The summed E-state index contributed by atoms with van der Waals surface area (Å²) in [7, 11) is 4.82. The Morgan fingerprint density at radius 1 is 0.905 bits per heavy atom. The maximum atomic E-state index is 5.76. The van der Waals surface area contributed by atoms with Crippen molar-refractivity contribution in [2.24, 2.45) is 0 Å². The number of hydrogen-bond acceptors (Lipinski definition) is 3. The van der Waals surface area contributed by atoms with Crippen molar-refractivity contribution in [3.05, 3.63) is 53.6 Å². The van der Waals surface area contributed by atoms with Crippen LogP contribution >= 0.6 is 0 Å². The highest BCUT2D eigenvalue weighted by molar-refractivity contribution is 5.57. The van der Waals surface area contributed by atoms with Crippen LogP contribution in [0.5, 0.6) is 17.2 Å². The van der Waals surface area contributed by atoms with E-state index < -0.39 is 0 Å². The third kappa shape index (κ3) is 2.95. The maximum Gasteiger partial charge on any atom is 0.131 e. The summed E-state index contributed by atoms with van der Waals surface area (Å²) in [5.74, 6) is 4.54. The lowest BCUT2D eigenvalue weighted by Gasteiger charge is -2.19. The summed E-state index contributed by atoms with van der Waals surface area (Å²) in [4.78, 5) is 0. The lowest BCUT2D eigenvalue weighted by Crippen LogP contribution is -2.04. The van der Waals surface area contributed by atoms with Gasteiger partial charge in [-0.2, -0.15) is 0 Å². The number of terminal acetylenes is 1. The van der Waals surface area contributed by atoms with Crippen LogP contribution in [0.4, 0.5) is 0 Å². The first-order valence-corrected chi connectivity index (χ1v) is 6.56. The predicted molar refractivity (Wildman–Crippen MR) is 83.2 cm³/mol. The van der Waals surface area contributed by atoms with Crippen molar-refractivity contribution in [3.8, 4) is 29.6 Å². The molecule has 3 heteroatoms. The molecule has 0 amide bonds. The molecule has 0 unspecified atom stereocenters. The Kier molecular flexibility index (Phi) is 4.73. The van der Waals surface area contributed by atoms with Crippen LogP contribution in [0.1, 0.15) is 17.0 Å². The second-order valence-corrected chi connectivity index (χ2v) is 4.46. The van der Waals surface area contributed by atoms with Crippen LogP contribution in [-0.4, -0.2) is 21.3 Å². The van der Waals surface area contributed by atoms with E-state index in [-0.39, 0.29) is 5.92 Å². The average molecular weight is 282 g/mol. The van der Waals surface area contributed by atoms with E-state index in [0.29, 0.717) is 17.2 Å². The number of methoxy groups -OCH3 is 3. The fraction of sp³-hybridized carbons (Fsp3) is 0.222. The summed E-state index contributed by atoms with van der Waals surface area (Å²) in [5, 5.41) is 0. The van der Waals surface area contributed by atoms with E-state index in [1.165, 1.54) is 0 Å². The van der Waals surface area contributed by atoms with Gasteiger partial charge in [0.05, 0.1) is 32.8 Å². The average Bonchev–Trinajstić information content (AvgIpc) is 2.56. The molecular formula is C18H18O3. The molecule has 0 saturated heterocycles. The summed E-state index contributed by atoms with van der Waals surface area (Å²) in [6.07, 6.45) is 5.76. The largest absolute Gasteiger partial charge is 0.496 e. The van der Waals surface area contributed by atoms with E-state index in [2.05, 4.69) is 5.92 Å². The highest BCUT2D eigenvalue weighted by Gasteiger charge is 2.22. The third-order valence-electron chi connectivity index (χ3n) is 3.34. The number of benzene rings is 2. The second kappa shape index (κ2) is 6.71. The summed E-state index contributed by atoms with van der Waals surface area (Å²) < 4.78 is 16.2. The zero-order chi connectivity index (χ0) is 15.2. The van der Waals surface area contributed by atoms with Gasteiger partial charge in [0.25, 0.3) is 0 Å². The predicted octanol–water partition coefficient (Wildman–Crippen LogP) is 3.48. The SMILES string of the molecule is C#C[C@@H](c1ccccc1)c1c(OC)cc(OC)cc1OC. The highest BCUT2D eigenvalue weighted by atomic mass is 16.5. The van der Waals surface area contributed by atoms with Gasteiger partial charge < -0.3 is 14.2 Å². The Hall–Kier alpha value is -2.60. The zero-order valence-corrected chi connectivity index (χ0v) is 12.4. The number of rotatable bonds is 5. The number of ether oxygens (including phenoxy) is 3. The Morgan fingerprint density at radius 2 is 1.48 bits per heavy atom. The van der Waals surface area contributed by atoms with E-state index in [4.69, 9.17) is 20.6 Å². The van der Waals surface area contributed by atoms with Crippen LogP contribution in [0, 0.1) is 12.3 Å². The zero-order valence-electron chi connectivity index (χ0n) is 12.4. The van der Waals surface area contributed by atoms with Crippen LogP contribution in [0.2, 0.25) is 0 Å². The molecule has 0 fully saturated rings. The minimum atomic E-state index is -0.248. The van der Waals surface area contributed by atoms with Crippen molar-refractivity contribution in [2.45, 2.75) is 5.92 Å². The molecule has 0 aliphatic heterocycles. The van der Waals surface area contributed by atoms with Crippen molar-refractivity contribution < 1.29 is 14.2 Å². The van der Waals surface area contributed by atoms with E-state index in [1.54, 1.807) is 21.3 Å². The second-order valence-electron chi connectivity index (χ2n) is 4.46. The topological polar surface area (TPSA) is 27.7 Å². The van der Waals surface area contributed by atoms with E-state index in [9.17, 15) is 0 Å². The molecule has 0 aliphatic rings. The van der Waals surface area contributed by atoms with Gasteiger partial charge >= 0.3 is 0 Å². The van der Waals surface area contributed by atoms with Crippen molar-refractivity contribution >= 4 is 0 Å². The minimum absolute atomic E-state index is 0.248. The molecule has 0 saturated carbocycles. The fourth-order valence-corrected chi connectivity index (χ4v) is 2.31. The molecule has 0 bridgehead atoms. The normalized spacial score (nSPS) is 11.3. The van der Waals surface area contributed by atoms with E-state index in [1.807, 2.05) is 42.5 Å². The molecule has 0 N–H and O–H groups in total. The quantitative estimate of drug-likeness (QED) is 0.786. The summed E-state index contributed by atoms with van der Waals surface area (Å²) in [6, 6.07) is 13.5. The van der Waals surface area contributed by atoms with Crippen LogP contribution in [0.15, 0.2) is 42.5 Å². The smallest absolute Gasteiger partial charge is 0.131 e. The van der Waals surface area contributed by atoms with Gasteiger partial charge in [0, 0.05) is 12.1 Å². The molecule has 2 aromatic rings. The molecule has 0 aromatic heterocycles. The molecule has 0 aliphatic carbocycles. The van der Waals surface area contributed by atoms with Crippen molar-refractivity contribution in [1.29, 1.82) is 0 Å². The van der Waals surface area contributed by atoms with Gasteiger partial charge in [-0.25, -0.2) is 0 Å². The Balaban J connectivity index is 2.63. The van der Waals surface area contributed by atoms with Crippen LogP contribution in [-0.2, 0) is 0 Å². The maximum absolute atomic E-state index is 5.76. The first-order chi connectivity index (χ1) is 10.2. The van der Waals surface area contributed by atoms with Gasteiger partial charge in [0.1, 0.15) is 17.2 Å². The first kappa shape index (κ1) is 14.8. The van der Waals surface area contributed by atoms with Gasteiger partial charge in [0.2, 0.25) is 0 Å². The van der Waals surface area contributed by atoms with Crippen molar-refractivity contribution in [1.82, 2.24) is 0 Å². The Morgan fingerprint density at radius 3 is 1.90 bits per heavy atom. The molecule has 21 heavy (non-hydrogen) atoms. The molecule has 0 heterocycles. The summed E-state index contributed by atoms with van der Waals surface area (Å²) in [5.41, 5.74) is 1.84. The van der Waals surface area contributed by atoms with Gasteiger partial charge in [-0.05, 0) is 5.56 Å². The standard InChI is InChI=1S/C18H18O3/c1-5-15(13-9-7-6-8-10-13)18-16(20-3)11-14(19-2)12-17(18)21-4/h1,6-12,15H,2-4H3/t15-/m0/s1. The Labute approximate surface area is 125 Å². The molecule has 3 nitrogen and oxygen atoms in total. The third-order valence-corrected chi connectivity index (χ3v) is 3.34. The molecule has 2 rings (SSSR count). The van der Waals surface area contributed by atoms with Crippen LogP contribution in [0.3, 0.4) is 0 Å². The minimum Gasteiger partial charge on any atom is -0.496 e. The molecular weight excluding hydrogens is 264 g/mol. The van der Waals surface area contributed by atoms with Gasteiger partial charge in [-0.3, -0.25) is 0 Å². The monoisotopic (exact) mass is 282 g/mol. The highest BCUT2D eigenvalue weighted by Crippen LogP contribution is 2.41.